The summed E-state index contributed by atoms with van der Waals surface area (Å²) in [5.74, 6) is 0.966. The molecule has 0 unspecified atom stereocenters. The summed E-state index contributed by atoms with van der Waals surface area (Å²) in [7, 11) is 0. The lowest BCUT2D eigenvalue weighted by atomic mass is 10.2. The lowest BCUT2D eigenvalue weighted by Crippen LogP contribution is -2.37. The number of aromatic nitrogens is 4. The zero-order valence-electron chi connectivity index (χ0n) is 12.2. The van der Waals surface area contributed by atoms with E-state index in [2.05, 4.69) is 25.1 Å². The van der Waals surface area contributed by atoms with Crippen molar-refractivity contribution in [2.45, 2.75) is 5.16 Å². The van der Waals surface area contributed by atoms with Crippen molar-refractivity contribution in [1.82, 2.24) is 25.1 Å². The Morgan fingerprint density at radius 1 is 1.23 bits per heavy atom. The van der Waals surface area contributed by atoms with Gasteiger partial charge in [-0.1, -0.05) is 30.0 Å². The first kappa shape index (κ1) is 13.9. The number of thioether (sulfide) groups is 1. The number of benzene rings is 1. The Morgan fingerprint density at radius 3 is 3.00 bits per heavy atom. The van der Waals surface area contributed by atoms with E-state index in [1.54, 1.807) is 11.8 Å². The van der Waals surface area contributed by atoms with Crippen LogP contribution in [0.1, 0.15) is 1.43 Å². The van der Waals surface area contributed by atoms with E-state index in [4.69, 9.17) is 4.74 Å². The largest absolute Gasteiger partial charge is 0.379 e. The van der Waals surface area contributed by atoms with Crippen LogP contribution in [0.25, 0.3) is 22.1 Å². The fourth-order valence-electron chi connectivity index (χ4n) is 2.66. The average molecular weight is 317 g/mol. The second kappa shape index (κ2) is 6.20. The van der Waals surface area contributed by atoms with Gasteiger partial charge in [-0.05, 0) is 6.07 Å². The highest BCUT2D eigenvalue weighted by atomic mass is 32.2. The molecule has 0 aliphatic carbocycles. The minimum atomic E-state index is 0. The predicted molar refractivity (Wildman–Crippen MR) is 89.3 cm³/mol. The number of fused-ring (bicyclic) bond motifs is 3. The normalized spacial score (nSPS) is 16.5. The summed E-state index contributed by atoms with van der Waals surface area (Å²) >= 11 is 1.65. The van der Waals surface area contributed by atoms with Crippen LogP contribution in [-0.4, -0.2) is 63.7 Å². The molecular weight excluding hydrogens is 298 g/mol. The topological polar surface area (TPSA) is 66.9 Å². The third-order valence-electron chi connectivity index (χ3n) is 3.84. The van der Waals surface area contributed by atoms with Crippen molar-refractivity contribution in [3.05, 3.63) is 24.3 Å². The molecule has 0 saturated carbocycles. The molecular formula is C15H19N5OS. The number of H-pyrrole nitrogens is 1. The maximum atomic E-state index is 5.35. The van der Waals surface area contributed by atoms with Crippen LogP contribution in [0.3, 0.4) is 0 Å². The molecule has 3 heterocycles. The minimum absolute atomic E-state index is 0. The van der Waals surface area contributed by atoms with Crippen LogP contribution in [0.2, 0.25) is 0 Å². The van der Waals surface area contributed by atoms with Crippen LogP contribution in [0.4, 0.5) is 0 Å². The average Bonchev–Trinajstić information content (AvgIpc) is 2.93. The van der Waals surface area contributed by atoms with E-state index in [-0.39, 0.29) is 1.43 Å². The van der Waals surface area contributed by atoms with Crippen molar-refractivity contribution < 1.29 is 6.16 Å². The van der Waals surface area contributed by atoms with Gasteiger partial charge in [0.05, 0.1) is 13.2 Å². The highest BCUT2D eigenvalue weighted by molar-refractivity contribution is 7.99. The Kier molecular flexibility index (Phi) is 3.92. The van der Waals surface area contributed by atoms with Gasteiger partial charge in [0.25, 0.3) is 0 Å². The first-order chi connectivity index (χ1) is 10.9. The number of morpholine rings is 1. The maximum absolute atomic E-state index is 5.35. The zero-order valence-corrected chi connectivity index (χ0v) is 13.0. The molecule has 2 aromatic heterocycles. The van der Waals surface area contributed by atoms with Gasteiger partial charge in [-0.3, -0.25) is 4.90 Å². The first-order valence-electron chi connectivity index (χ1n) is 7.44. The van der Waals surface area contributed by atoms with E-state index in [0.717, 1.165) is 65.8 Å². The first-order valence-corrected chi connectivity index (χ1v) is 8.43. The summed E-state index contributed by atoms with van der Waals surface area (Å²) < 4.78 is 5.35. The number of rotatable bonds is 4. The van der Waals surface area contributed by atoms with E-state index in [0.29, 0.717) is 0 Å². The second-order valence-corrected chi connectivity index (χ2v) is 6.33. The third-order valence-corrected chi connectivity index (χ3v) is 4.66. The standard InChI is InChI=1S/C15H17N5OS.H2/c1-2-4-12-11(3-1)13-14(16-12)17-15(19-18-13)22-10-7-20-5-8-21-9-6-20;/h1-4H,5-10H2,(H,16,17,19);1H. The molecule has 1 saturated heterocycles. The Labute approximate surface area is 133 Å². The molecule has 0 atom stereocenters. The minimum Gasteiger partial charge on any atom is -0.379 e. The molecule has 4 rings (SSSR count). The number of ether oxygens (including phenoxy) is 1. The molecule has 22 heavy (non-hydrogen) atoms. The van der Waals surface area contributed by atoms with Gasteiger partial charge in [0.2, 0.25) is 5.16 Å². The lowest BCUT2D eigenvalue weighted by molar-refractivity contribution is 0.0410. The third kappa shape index (κ3) is 2.79. The molecule has 0 spiro atoms. The van der Waals surface area contributed by atoms with E-state index < -0.39 is 0 Å². The van der Waals surface area contributed by atoms with E-state index in [1.165, 1.54) is 0 Å². The van der Waals surface area contributed by atoms with Crippen LogP contribution in [-0.2, 0) is 4.74 Å². The predicted octanol–water partition coefficient (Wildman–Crippen LogP) is 2.18. The van der Waals surface area contributed by atoms with Crippen molar-refractivity contribution in [2.24, 2.45) is 0 Å². The van der Waals surface area contributed by atoms with Gasteiger partial charge < -0.3 is 9.72 Å². The van der Waals surface area contributed by atoms with Crippen LogP contribution in [0.15, 0.2) is 29.4 Å². The van der Waals surface area contributed by atoms with Crippen molar-refractivity contribution in [3.63, 3.8) is 0 Å². The van der Waals surface area contributed by atoms with E-state index in [1.807, 2.05) is 24.3 Å². The summed E-state index contributed by atoms with van der Waals surface area (Å²) in [6.07, 6.45) is 0. The number of hydrogen-bond donors (Lipinski definition) is 1. The Morgan fingerprint density at radius 2 is 2.09 bits per heavy atom. The SMILES string of the molecule is [HH].c1ccc2c(c1)[nH]c1nc(SCCN3CCOCC3)nnc12. The monoisotopic (exact) mass is 317 g/mol. The second-order valence-electron chi connectivity index (χ2n) is 5.26. The number of nitrogens with one attached hydrogen (secondary N) is 1. The molecule has 0 radical (unpaired) electrons. The van der Waals surface area contributed by atoms with Gasteiger partial charge in [0, 0.05) is 37.7 Å². The highest BCUT2D eigenvalue weighted by Crippen LogP contribution is 2.23. The molecule has 116 valence electrons. The van der Waals surface area contributed by atoms with Crippen LogP contribution in [0.5, 0.6) is 0 Å². The fourth-order valence-corrected chi connectivity index (χ4v) is 3.44. The Balaban J connectivity index is 0.00000156. The summed E-state index contributed by atoms with van der Waals surface area (Å²) in [4.78, 5) is 10.3. The molecule has 7 heteroatoms. The van der Waals surface area contributed by atoms with Gasteiger partial charge in [-0.15, -0.1) is 10.2 Å². The van der Waals surface area contributed by atoms with Crippen LogP contribution in [0, 0.1) is 0 Å². The van der Waals surface area contributed by atoms with Gasteiger partial charge in [-0.2, -0.15) is 0 Å². The number of nitrogens with zero attached hydrogens (tertiary/aromatic N) is 4. The molecule has 1 N–H and O–H groups in total. The molecule has 0 bridgehead atoms. The summed E-state index contributed by atoms with van der Waals surface area (Å²) in [6, 6.07) is 8.07. The lowest BCUT2D eigenvalue weighted by Gasteiger charge is -2.26. The highest BCUT2D eigenvalue weighted by Gasteiger charge is 2.11. The van der Waals surface area contributed by atoms with Crippen molar-refractivity contribution in [2.75, 3.05) is 38.6 Å². The Bertz CT molecular complexity index is 790. The quantitative estimate of drug-likeness (QED) is 0.744. The molecule has 1 aliphatic rings. The van der Waals surface area contributed by atoms with Gasteiger partial charge in [-0.25, -0.2) is 4.98 Å². The molecule has 1 fully saturated rings. The molecule has 0 amide bonds. The molecule has 1 aliphatic heterocycles. The van der Waals surface area contributed by atoms with Crippen LogP contribution < -0.4 is 0 Å². The molecule has 1 aromatic carbocycles. The maximum Gasteiger partial charge on any atom is 0.211 e. The van der Waals surface area contributed by atoms with Gasteiger partial charge in [0.15, 0.2) is 5.65 Å². The number of aromatic amines is 1. The smallest absolute Gasteiger partial charge is 0.211 e. The van der Waals surface area contributed by atoms with Crippen molar-refractivity contribution in [1.29, 1.82) is 0 Å². The van der Waals surface area contributed by atoms with Gasteiger partial charge in [0.1, 0.15) is 5.52 Å². The fraction of sp³-hybridized carbons (Fsp3) is 0.400. The molecule has 3 aromatic rings. The van der Waals surface area contributed by atoms with Crippen molar-refractivity contribution in [3.8, 4) is 0 Å². The van der Waals surface area contributed by atoms with Gasteiger partial charge >= 0.3 is 0 Å². The van der Waals surface area contributed by atoms with E-state index in [9.17, 15) is 0 Å². The summed E-state index contributed by atoms with van der Waals surface area (Å²) in [5, 5.41) is 10.4. The van der Waals surface area contributed by atoms with E-state index >= 15 is 0 Å². The van der Waals surface area contributed by atoms with Crippen LogP contribution >= 0.6 is 11.8 Å². The Hall–Kier alpha value is -1.70. The van der Waals surface area contributed by atoms with Crippen molar-refractivity contribution >= 4 is 33.8 Å². The summed E-state index contributed by atoms with van der Waals surface area (Å²) in [6.45, 7) is 4.73. The summed E-state index contributed by atoms with van der Waals surface area (Å²) in [5.41, 5.74) is 2.70. The zero-order chi connectivity index (χ0) is 14.8. The molecule has 6 nitrogen and oxygen atoms in total. The number of para-hydroxylation sites is 1. The number of hydrogen-bond acceptors (Lipinski definition) is 6.